The maximum absolute atomic E-state index is 11.0. The molecule has 0 aromatic rings. The van der Waals surface area contributed by atoms with Crippen molar-refractivity contribution in [2.24, 2.45) is 10.3 Å². The van der Waals surface area contributed by atoms with Gasteiger partial charge in [-0.15, -0.1) is 0 Å². The van der Waals surface area contributed by atoms with Gasteiger partial charge in [-0.1, -0.05) is 139 Å². The monoisotopic (exact) mass is 584 g/mol. The maximum Gasteiger partial charge on any atom is 0.373 e. The zero-order chi connectivity index (χ0) is 28.5. The molecule has 12 heteroatoms. The van der Waals surface area contributed by atoms with Crippen molar-refractivity contribution in [2.75, 3.05) is 0 Å². The van der Waals surface area contributed by atoms with Gasteiger partial charge < -0.3 is 30.0 Å². The van der Waals surface area contributed by atoms with E-state index in [1.807, 2.05) is 0 Å². The Balaban J connectivity index is 3.26. The third-order valence-electron chi connectivity index (χ3n) is 6.95. The van der Waals surface area contributed by atoms with Crippen LogP contribution in [0.2, 0.25) is 0 Å². The van der Waals surface area contributed by atoms with Gasteiger partial charge in [-0.05, 0) is 12.8 Å². The number of unbranched alkanes of at least 4 members (excludes halogenated alkanes) is 21. The van der Waals surface area contributed by atoms with E-state index in [1.54, 1.807) is 0 Å². The summed E-state index contributed by atoms with van der Waals surface area (Å²) in [6.45, 7) is 0. The SMILES string of the molecule is O=P(O)(O)/C(CCCCCCCCCCCCCCCCCCCCCCCC/C(=N/O)P(=O)(O)O)=N\O. The molecule has 0 amide bonds. The first-order chi connectivity index (χ1) is 18.1. The van der Waals surface area contributed by atoms with E-state index in [-0.39, 0.29) is 12.8 Å². The Hall–Kier alpha value is -0.760. The molecule has 0 fully saturated rings. The summed E-state index contributed by atoms with van der Waals surface area (Å²) >= 11 is 0. The second kappa shape index (κ2) is 24.1. The lowest BCUT2D eigenvalue weighted by Gasteiger charge is -2.06. The van der Waals surface area contributed by atoms with Crippen LogP contribution in [0.5, 0.6) is 0 Å². The number of nitrogens with zero attached hydrogens (tertiary/aromatic N) is 2. The molecule has 0 aliphatic rings. The highest BCUT2D eigenvalue weighted by Crippen LogP contribution is 2.39. The van der Waals surface area contributed by atoms with Crippen LogP contribution in [-0.4, -0.2) is 40.9 Å². The van der Waals surface area contributed by atoms with Gasteiger partial charge in [-0.2, -0.15) is 0 Å². The van der Waals surface area contributed by atoms with E-state index in [9.17, 15) is 9.13 Å². The highest BCUT2D eigenvalue weighted by atomic mass is 31.2. The summed E-state index contributed by atoms with van der Waals surface area (Å²) in [6, 6.07) is 0. The molecule has 226 valence electrons. The maximum atomic E-state index is 11.0. The number of rotatable bonds is 27. The van der Waals surface area contributed by atoms with Crippen molar-refractivity contribution in [3.05, 3.63) is 0 Å². The summed E-state index contributed by atoms with van der Waals surface area (Å²) in [5.74, 6) is 0. The van der Waals surface area contributed by atoms with Crippen molar-refractivity contribution in [2.45, 2.75) is 154 Å². The van der Waals surface area contributed by atoms with Gasteiger partial charge in [-0.3, -0.25) is 9.13 Å². The van der Waals surface area contributed by atoms with Crippen LogP contribution in [0.3, 0.4) is 0 Å². The van der Waals surface area contributed by atoms with Crippen LogP contribution in [0, 0.1) is 0 Å². The van der Waals surface area contributed by atoms with Crippen molar-refractivity contribution in [3.8, 4) is 0 Å². The minimum Gasteiger partial charge on any atom is -0.410 e. The van der Waals surface area contributed by atoms with Crippen LogP contribution >= 0.6 is 15.2 Å². The third-order valence-corrected chi connectivity index (χ3v) is 8.93. The number of hydrogen-bond acceptors (Lipinski definition) is 6. The molecule has 6 N–H and O–H groups in total. The Morgan fingerprint density at radius 3 is 0.658 bits per heavy atom. The fourth-order valence-corrected chi connectivity index (χ4v) is 5.74. The molecular weight excluding hydrogens is 530 g/mol. The van der Waals surface area contributed by atoms with E-state index in [4.69, 9.17) is 30.0 Å². The molecule has 0 aromatic carbocycles. The average molecular weight is 585 g/mol. The van der Waals surface area contributed by atoms with E-state index in [2.05, 4.69) is 10.3 Å². The minimum absolute atomic E-state index is 0.154. The standard InChI is InChI=1S/C26H54N2O8P2/c29-27-25(37(31,32)33)23-21-19-17-15-13-11-9-7-5-3-1-2-4-6-8-10-12-14-16-18-20-22-24-26(28-30)38(34,35)36/h29-30H,1-24H2,(H2,31,32,33)(H2,34,35,36)/b27-25-,28-26-. The number of hydrogen-bond donors (Lipinski definition) is 6. The molecule has 0 aliphatic heterocycles. The van der Waals surface area contributed by atoms with Crippen LogP contribution in [0.4, 0.5) is 0 Å². The Morgan fingerprint density at radius 2 is 0.526 bits per heavy atom. The summed E-state index contributed by atoms with van der Waals surface area (Å²) in [4.78, 5) is 35.9. The Bertz CT molecular complexity index is 662. The van der Waals surface area contributed by atoms with Crippen molar-refractivity contribution in [1.29, 1.82) is 0 Å². The van der Waals surface area contributed by atoms with Crippen molar-refractivity contribution in [3.63, 3.8) is 0 Å². The molecular formula is C26H54N2O8P2. The summed E-state index contributed by atoms with van der Waals surface area (Å²) in [7, 11) is -8.80. The third kappa shape index (κ3) is 23.2. The molecule has 10 nitrogen and oxygen atoms in total. The molecule has 0 bridgehead atoms. The second-order valence-corrected chi connectivity index (χ2v) is 13.6. The normalized spacial score (nSPS) is 13.4. The summed E-state index contributed by atoms with van der Waals surface area (Å²) in [5.41, 5.74) is -0.823. The van der Waals surface area contributed by atoms with Crippen LogP contribution in [0.1, 0.15) is 154 Å². The van der Waals surface area contributed by atoms with Gasteiger partial charge in [0.15, 0.2) is 10.9 Å². The van der Waals surface area contributed by atoms with Crippen LogP contribution in [0.25, 0.3) is 0 Å². The lowest BCUT2D eigenvalue weighted by Crippen LogP contribution is -1.99. The van der Waals surface area contributed by atoms with E-state index >= 15 is 0 Å². The molecule has 0 aliphatic carbocycles. The first-order valence-electron chi connectivity index (χ1n) is 14.7. The summed E-state index contributed by atoms with van der Waals surface area (Å²) in [6.07, 6.45) is 25.8. The predicted molar refractivity (Wildman–Crippen MR) is 153 cm³/mol. The van der Waals surface area contributed by atoms with Crippen LogP contribution in [-0.2, 0) is 9.13 Å². The van der Waals surface area contributed by atoms with Gasteiger partial charge in [0.05, 0.1) is 0 Å². The van der Waals surface area contributed by atoms with Gasteiger partial charge in [0.2, 0.25) is 0 Å². The lowest BCUT2D eigenvalue weighted by molar-refractivity contribution is 0.314. The molecule has 0 atom stereocenters. The summed E-state index contributed by atoms with van der Waals surface area (Å²) in [5, 5.41) is 22.7. The predicted octanol–water partition coefficient (Wildman–Crippen LogP) is 8.28. The first-order valence-corrected chi connectivity index (χ1v) is 17.9. The fourth-order valence-electron chi connectivity index (χ4n) is 4.61. The van der Waals surface area contributed by atoms with Gasteiger partial charge in [0, 0.05) is 12.8 Å². The van der Waals surface area contributed by atoms with Crippen molar-refractivity contribution in [1.82, 2.24) is 0 Å². The van der Waals surface area contributed by atoms with Crippen LogP contribution < -0.4 is 0 Å². The van der Waals surface area contributed by atoms with Gasteiger partial charge >= 0.3 is 15.2 Å². The topological polar surface area (TPSA) is 180 Å². The highest BCUT2D eigenvalue weighted by molar-refractivity contribution is 7.70. The average Bonchev–Trinajstić information content (AvgIpc) is 2.84. The van der Waals surface area contributed by atoms with Crippen molar-refractivity contribution >= 4 is 26.1 Å². The van der Waals surface area contributed by atoms with Crippen molar-refractivity contribution < 1.29 is 39.1 Å². The number of oxime groups is 2. The molecule has 0 saturated carbocycles. The van der Waals surface area contributed by atoms with E-state index in [0.29, 0.717) is 12.8 Å². The first kappa shape index (κ1) is 37.2. The van der Waals surface area contributed by atoms with E-state index in [0.717, 1.165) is 38.5 Å². The van der Waals surface area contributed by atoms with Gasteiger partial charge in [0.25, 0.3) is 0 Å². The van der Waals surface area contributed by atoms with Crippen LogP contribution in [0.15, 0.2) is 10.3 Å². The molecule has 0 radical (unpaired) electrons. The second-order valence-electron chi connectivity index (χ2n) is 10.4. The Labute approximate surface area is 229 Å². The zero-order valence-electron chi connectivity index (χ0n) is 23.3. The molecule has 38 heavy (non-hydrogen) atoms. The molecule has 0 spiro atoms. The summed E-state index contributed by atoms with van der Waals surface area (Å²) < 4.78 is 22.1. The Morgan fingerprint density at radius 1 is 0.368 bits per heavy atom. The lowest BCUT2D eigenvalue weighted by atomic mass is 10.0. The van der Waals surface area contributed by atoms with Gasteiger partial charge in [0.1, 0.15) is 0 Å². The Kier molecular flexibility index (Phi) is 23.6. The molecule has 0 rings (SSSR count). The van der Waals surface area contributed by atoms with Gasteiger partial charge in [-0.25, -0.2) is 0 Å². The largest absolute Gasteiger partial charge is 0.410 e. The van der Waals surface area contributed by atoms with E-state index < -0.39 is 26.1 Å². The quantitative estimate of drug-likeness (QED) is 0.0183. The molecule has 0 heterocycles. The zero-order valence-corrected chi connectivity index (χ0v) is 25.0. The molecule has 0 aromatic heterocycles. The fraction of sp³-hybridized carbons (Fsp3) is 0.923. The highest BCUT2D eigenvalue weighted by Gasteiger charge is 2.23. The van der Waals surface area contributed by atoms with E-state index in [1.165, 1.54) is 89.9 Å². The minimum atomic E-state index is -4.40. The molecule has 0 unspecified atom stereocenters. The molecule has 0 saturated heterocycles. The smallest absolute Gasteiger partial charge is 0.373 e.